The highest BCUT2D eigenvalue weighted by Crippen LogP contribution is 2.40. The molecule has 0 aliphatic carbocycles. The minimum absolute atomic E-state index is 0.0274. The van der Waals surface area contributed by atoms with Crippen LogP contribution in [0.3, 0.4) is 0 Å². The molecule has 0 aliphatic rings. The highest BCUT2D eigenvalue weighted by Gasteiger charge is 2.20. The van der Waals surface area contributed by atoms with E-state index in [-0.39, 0.29) is 16.9 Å². The molecule has 0 bridgehead atoms. The third-order valence-electron chi connectivity index (χ3n) is 4.05. The van der Waals surface area contributed by atoms with Crippen LogP contribution in [0.15, 0.2) is 63.7 Å². The number of fused-ring (bicyclic) bond motifs is 1. The van der Waals surface area contributed by atoms with E-state index >= 15 is 0 Å². The van der Waals surface area contributed by atoms with E-state index in [4.69, 9.17) is 0 Å². The molecule has 2 N–H and O–H groups in total. The van der Waals surface area contributed by atoms with Gasteiger partial charge < -0.3 is 9.84 Å². The number of carbonyl (C=O) groups excluding carboxylic acids is 1. The van der Waals surface area contributed by atoms with Gasteiger partial charge in [0.05, 0.1) is 7.11 Å². The van der Waals surface area contributed by atoms with Crippen LogP contribution in [0.5, 0.6) is 5.75 Å². The van der Waals surface area contributed by atoms with Crippen LogP contribution >= 0.6 is 0 Å². The standard InChI is InChI=1S/C19H16N2O6S/c1-11-7-8-15(16(9-11)28(24,25)26)20-21-17-13-6-4-3-5-12(13)10-14(18(17)22)19(23)27-2/h3-10,22H,1-2H3,(H,24,25,26). The zero-order valence-corrected chi connectivity index (χ0v) is 15.8. The lowest BCUT2D eigenvalue weighted by Gasteiger charge is -2.09. The van der Waals surface area contributed by atoms with Crippen LogP contribution in [-0.4, -0.2) is 31.2 Å². The molecule has 0 aromatic heterocycles. The van der Waals surface area contributed by atoms with E-state index < -0.39 is 26.7 Å². The summed E-state index contributed by atoms with van der Waals surface area (Å²) in [6.07, 6.45) is 0. The summed E-state index contributed by atoms with van der Waals surface area (Å²) in [5, 5.41) is 19.5. The van der Waals surface area contributed by atoms with Crippen LogP contribution in [0.4, 0.5) is 11.4 Å². The van der Waals surface area contributed by atoms with Crippen molar-refractivity contribution in [2.75, 3.05) is 7.11 Å². The van der Waals surface area contributed by atoms with E-state index in [2.05, 4.69) is 15.0 Å². The summed E-state index contributed by atoms with van der Waals surface area (Å²) in [6.45, 7) is 1.66. The van der Waals surface area contributed by atoms with Crippen LogP contribution in [0.25, 0.3) is 10.8 Å². The Kier molecular flexibility index (Phi) is 5.12. The lowest BCUT2D eigenvalue weighted by atomic mass is 10.0. The molecule has 0 saturated heterocycles. The van der Waals surface area contributed by atoms with Crippen LogP contribution in [-0.2, 0) is 14.9 Å². The number of phenolic OH excluding ortho intramolecular Hbond substituents is 1. The first-order valence-electron chi connectivity index (χ1n) is 8.05. The molecule has 9 heteroatoms. The molecule has 3 aromatic rings. The molecule has 0 saturated carbocycles. The van der Waals surface area contributed by atoms with Crippen LogP contribution in [0.1, 0.15) is 15.9 Å². The van der Waals surface area contributed by atoms with Crippen molar-refractivity contribution in [1.82, 2.24) is 0 Å². The first kappa shape index (κ1) is 19.5. The quantitative estimate of drug-likeness (QED) is 0.382. The van der Waals surface area contributed by atoms with Gasteiger partial charge in [0.2, 0.25) is 0 Å². The summed E-state index contributed by atoms with van der Waals surface area (Å²) < 4.78 is 37.3. The molecule has 0 spiro atoms. The Morgan fingerprint density at radius 3 is 2.46 bits per heavy atom. The second-order valence-corrected chi connectivity index (χ2v) is 7.37. The monoisotopic (exact) mass is 400 g/mol. The topological polar surface area (TPSA) is 126 Å². The van der Waals surface area contributed by atoms with E-state index in [1.165, 1.54) is 25.3 Å². The van der Waals surface area contributed by atoms with E-state index in [1.807, 2.05) is 0 Å². The van der Waals surface area contributed by atoms with E-state index in [0.717, 1.165) is 0 Å². The van der Waals surface area contributed by atoms with Crippen molar-refractivity contribution in [3.63, 3.8) is 0 Å². The van der Waals surface area contributed by atoms with Crippen molar-refractivity contribution in [3.05, 3.63) is 59.7 Å². The van der Waals surface area contributed by atoms with Gasteiger partial charge in [-0.2, -0.15) is 8.42 Å². The molecule has 0 aliphatic heterocycles. The number of azo groups is 1. The number of nitrogens with zero attached hydrogens (tertiary/aromatic N) is 2. The van der Waals surface area contributed by atoms with Gasteiger partial charge in [0, 0.05) is 5.39 Å². The van der Waals surface area contributed by atoms with Gasteiger partial charge in [-0.15, -0.1) is 10.2 Å². The molecule has 8 nitrogen and oxygen atoms in total. The Balaban J connectivity index is 2.23. The molecular weight excluding hydrogens is 384 g/mol. The Morgan fingerprint density at radius 2 is 1.79 bits per heavy atom. The summed E-state index contributed by atoms with van der Waals surface area (Å²) in [5.41, 5.74) is 0.363. The summed E-state index contributed by atoms with van der Waals surface area (Å²) in [7, 11) is -3.35. The number of carbonyl (C=O) groups is 1. The molecule has 0 atom stereocenters. The molecule has 28 heavy (non-hydrogen) atoms. The predicted molar refractivity (Wildman–Crippen MR) is 102 cm³/mol. The van der Waals surface area contributed by atoms with Crippen molar-refractivity contribution >= 4 is 38.2 Å². The molecule has 0 amide bonds. The number of methoxy groups -OCH3 is 1. The molecule has 0 heterocycles. The van der Waals surface area contributed by atoms with Crippen molar-refractivity contribution < 1.29 is 27.6 Å². The Morgan fingerprint density at radius 1 is 1.07 bits per heavy atom. The number of aromatic hydroxyl groups is 1. The van der Waals surface area contributed by atoms with E-state index in [9.17, 15) is 22.9 Å². The Bertz CT molecular complexity index is 1220. The summed E-state index contributed by atoms with van der Waals surface area (Å²) >= 11 is 0. The fourth-order valence-corrected chi connectivity index (χ4v) is 3.41. The smallest absolute Gasteiger partial charge is 0.341 e. The molecule has 0 unspecified atom stereocenters. The number of hydrogen-bond donors (Lipinski definition) is 2. The number of phenols is 1. The molecular formula is C19H16N2O6S. The fourth-order valence-electron chi connectivity index (χ4n) is 2.70. The number of rotatable bonds is 4. The van der Waals surface area contributed by atoms with Crippen molar-refractivity contribution in [2.45, 2.75) is 11.8 Å². The fraction of sp³-hybridized carbons (Fsp3) is 0.105. The largest absolute Gasteiger partial charge is 0.505 e. The number of ether oxygens (including phenoxy) is 1. The van der Waals surface area contributed by atoms with E-state index in [1.54, 1.807) is 37.3 Å². The predicted octanol–water partition coefficient (Wildman–Crippen LogP) is 4.30. The molecule has 0 fully saturated rings. The van der Waals surface area contributed by atoms with Crippen LogP contribution in [0.2, 0.25) is 0 Å². The third-order valence-corrected chi connectivity index (χ3v) is 4.93. The summed E-state index contributed by atoms with van der Waals surface area (Å²) in [5.74, 6) is -1.21. The highest BCUT2D eigenvalue weighted by molar-refractivity contribution is 7.86. The lowest BCUT2D eigenvalue weighted by Crippen LogP contribution is -2.01. The maximum absolute atomic E-state index is 12.0. The van der Waals surface area contributed by atoms with Gasteiger partial charge in [-0.3, -0.25) is 4.55 Å². The number of aryl methyl sites for hydroxylation is 1. The van der Waals surface area contributed by atoms with Gasteiger partial charge in [0.15, 0.2) is 5.75 Å². The van der Waals surface area contributed by atoms with Crippen LogP contribution in [0, 0.1) is 6.92 Å². The maximum atomic E-state index is 12.0. The summed E-state index contributed by atoms with van der Waals surface area (Å²) in [6, 6.07) is 12.6. The normalized spacial score (nSPS) is 11.8. The third kappa shape index (κ3) is 3.71. The van der Waals surface area contributed by atoms with Crippen molar-refractivity contribution in [2.24, 2.45) is 10.2 Å². The van der Waals surface area contributed by atoms with Crippen molar-refractivity contribution in [1.29, 1.82) is 0 Å². The van der Waals surface area contributed by atoms with Gasteiger partial charge >= 0.3 is 5.97 Å². The second kappa shape index (κ2) is 7.37. The number of esters is 1. The van der Waals surface area contributed by atoms with Gasteiger partial charge in [-0.05, 0) is 36.1 Å². The van der Waals surface area contributed by atoms with Crippen LogP contribution < -0.4 is 0 Å². The minimum Gasteiger partial charge on any atom is -0.505 e. The van der Waals surface area contributed by atoms with Gasteiger partial charge in [0.1, 0.15) is 21.8 Å². The van der Waals surface area contributed by atoms with Gasteiger partial charge in [-0.25, -0.2) is 4.79 Å². The first-order chi connectivity index (χ1) is 13.2. The number of hydrogen-bond acceptors (Lipinski definition) is 7. The Labute approximate surface area is 160 Å². The lowest BCUT2D eigenvalue weighted by molar-refractivity contribution is 0.0597. The minimum atomic E-state index is -4.53. The Hall–Kier alpha value is -3.30. The molecule has 144 valence electrons. The maximum Gasteiger partial charge on any atom is 0.341 e. The average molecular weight is 400 g/mol. The van der Waals surface area contributed by atoms with Crippen molar-refractivity contribution in [3.8, 4) is 5.75 Å². The second-order valence-electron chi connectivity index (χ2n) is 5.98. The van der Waals surface area contributed by atoms with Gasteiger partial charge in [0.25, 0.3) is 10.1 Å². The first-order valence-corrected chi connectivity index (χ1v) is 9.49. The molecule has 0 radical (unpaired) electrons. The molecule has 3 rings (SSSR count). The summed E-state index contributed by atoms with van der Waals surface area (Å²) in [4.78, 5) is 11.5. The highest BCUT2D eigenvalue weighted by atomic mass is 32.2. The zero-order chi connectivity index (χ0) is 20.5. The van der Waals surface area contributed by atoms with E-state index in [0.29, 0.717) is 16.3 Å². The molecule has 3 aromatic carbocycles. The SMILES string of the molecule is COC(=O)c1cc2ccccc2c(N=Nc2ccc(C)cc2S(=O)(=O)O)c1O. The zero-order valence-electron chi connectivity index (χ0n) is 14.9. The number of benzene rings is 3. The van der Waals surface area contributed by atoms with Gasteiger partial charge in [-0.1, -0.05) is 30.3 Å². The average Bonchev–Trinajstić information content (AvgIpc) is 2.66.